The van der Waals surface area contributed by atoms with E-state index in [-0.39, 0.29) is 0 Å². The predicted octanol–water partition coefficient (Wildman–Crippen LogP) is 1.38. The molecule has 0 heterocycles. The molecular weight excluding hydrogens is 965 g/mol. The summed E-state index contributed by atoms with van der Waals surface area (Å²) < 4.78 is 275. The normalized spacial score (nSPS) is 14.6. The third kappa shape index (κ3) is 8.86. The summed E-state index contributed by atoms with van der Waals surface area (Å²) in [5, 5.41) is -5.00. The average Bonchev–Trinajstić information content (AvgIpc) is 3.14. The number of hydrogen-bond acceptors (Lipinski definition) is 10. The van der Waals surface area contributed by atoms with Crippen molar-refractivity contribution in [2.45, 2.75) is 0 Å². The number of benzene rings is 2. The molecule has 2 aromatic rings. The van der Waals surface area contributed by atoms with Crippen LogP contribution in [0.3, 0.4) is 0 Å². The molecule has 0 saturated heterocycles. The lowest BCUT2D eigenvalue weighted by atomic mass is 10.3. The summed E-state index contributed by atoms with van der Waals surface area (Å²) in [4.78, 5) is 0. The molecule has 0 spiro atoms. The standard InChI is InChI=1S/C16F16O10Si11/c17-1-3(19)7(23)11(8(24)4(1)20)50(33-43,34-44)41-53(38-48,16(32)14(29)30)42-51(35-45,12-9(25)5(21)2(18)6(22)10(12)26)39-49-40-52(36-46,37-47)15(31)13(27)28. The summed E-state index contributed by atoms with van der Waals surface area (Å²) in [6.07, 6.45) is -6.96. The molecule has 0 fully saturated rings. The molecule has 280 valence electrons. The van der Waals surface area contributed by atoms with E-state index in [9.17, 15) is 57.1 Å². The highest BCUT2D eigenvalue weighted by molar-refractivity contribution is 6.94. The highest BCUT2D eigenvalue weighted by Gasteiger charge is 2.67. The van der Waals surface area contributed by atoms with Crippen molar-refractivity contribution in [3.05, 3.63) is 81.2 Å². The first kappa shape index (κ1) is 47.9. The van der Waals surface area contributed by atoms with Crippen molar-refractivity contribution < 1.29 is 111 Å². The summed E-state index contributed by atoms with van der Waals surface area (Å²) >= 11 is 0. The van der Waals surface area contributed by atoms with Gasteiger partial charge in [0.15, 0.2) is 46.5 Å². The van der Waals surface area contributed by atoms with E-state index in [1.807, 2.05) is 41.9 Å². The largest absolute Gasteiger partial charge is 0.547 e. The predicted molar refractivity (Wildman–Crippen MR) is 147 cm³/mol. The quantitative estimate of drug-likeness (QED) is 0.0947. The third-order valence-electron chi connectivity index (χ3n) is 5.60. The van der Waals surface area contributed by atoms with Crippen LogP contribution in [0.2, 0.25) is 0 Å². The van der Waals surface area contributed by atoms with Crippen LogP contribution in [0.4, 0.5) is 70.2 Å². The Bertz CT molecular complexity index is 1700. The van der Waals surface area contributed by atoms with Crippen LogP contribution in [0.5, 0.6) is 0 Å². The maximum Gasteiger partial charge on any atom is 0.547 e. The van der Waals surface area contributed by atoms with Gasteiger partial charge in [-0.3, -0.25) is 0 Å². The summed E-state index contributed by atoms with van der Waals surface area (Å²) in [5.74, 6) is -29.5. The monoisotopic (exact) mass is 964 g/mol. The molecule has 0 aliphatic rings. The second kappa shape index (κ2) is 18.8. The first-order valence-corrected chi connectivity index (χ1v) is 21.8. The Morgan fingerprint density at radius 3 is 0.962 bits per heavy atom. The van der Waals surface area contributed by atoms with Crippen LogP contribution >= 0.6 is 0 Å². The zero-order chi connectivity index (χ0) is 41.0. The molecule has 0 aliphatic heterocycles. The summed E-state index contributed by atoms with van der Waals surface area (Å²) in [7, 11) is -16.8. The fourth-order valence-corrected chi connectivity index (χ4v) is 20.6. The van der Waals surface area contributed by atoms with Gasteiger partial charge in [0.2, 0.25) is 85.5 Å². The van der Waals surface area contributed by atoms with E-state index in [1.54, 1.807) is 0 Å². The van der Waals surface area contributed by atoms with Gasteiger partial charge in [0.1, 0.15) is 0 Å². The lowest BCUT2D eigenvalue weighted by Gasteiger charge is -2.40. The van der Waals surface area contributed by atoms with Crippen molar-refractivity contribution in [3.63, 3.8) is 0 Å². The van der Waals surface area contributed by atoms with E-state index in [1.165, 1.54) is 0 Å². The Morgan fingerprint density at radius 1 is 0.377 bits per heavy atom. The molecule has 0 amide bonds. The molecule has 2 unspecified atom stereocenters. The number of rotatable bonds is 18. The van der Waals surface area contributed by atoms with Gasteiger partial charge >= 0.3 is 57.4 Å². The van der Waals surface area contributed by atoms with Crippen LogP contribution in [0, 0.1) is 58.2 Å². The van der Waals surface area contributed by atoms with E-state index < -0.39 is 137 Å². The Hall–Kier alpha value is -1.21. The van der Waals surface area contributed by atoms with Gasteiger partial charge < -0.3 is 41.2 Å². The molecule has 2 aromatic carbocycles. The van der Waals surface area contributed by atoms with Crippen molar-refractivity contribution in [2.75, 3.05) is 0 Å². The maximum absolute atomic E-state index is 15.6. The van der Waals surface area contributed by atoms with Gasteiger partial charge in [0.05, 0.1) is 10.4 Å². The highest BCUT2D eigenvalue weighted by Crippen LogP contribution is 2.35. The summed E-state index contributed by atoms with van der Waals surface area (Å²) in [6.45, 7) is 0. The molecule has 0 aliphatic carbocycles. The van der Waals surface area contributed by atoms with Crippen molar-refractivity contribution in [1.82, 2.24) is 0 Å². The smallest absolute Gasteiger partial charge is 0.413 e. The lowest BCUT2D eigenvalue weighted by Crippen LogP contribution is -2.72. The van der Waals surface area contributed by atoms with Gasteiger partial charge in [-0.25, -0.2) is 52.7 Å². The number of hydrogen-bond donors (Lipinski definition) is 0. The molecule has 37 heteroatoms. The molecule has 0 N–H and O–H groups in total. The first-order chi connectivity index (χ1) is 24.5. The minimum atomic E-state index is -7.24. The van der Waals surface area contributed by atoms with E-state index in [0.29, 0.717) is 0 Å². The van der Waals surface area contributed by atoms with Crippen molar-refractivity contribution in [2.24, 2.45) is 0 Å². The maximum atomic E-state index is 15.6. The topological polar surface area (TPSA) is 92.3 Å². The van der Waals surface area contributed by atoms with Crippen molar-refractivity contribution >= 4 is 119 Å². The van der Waals surface area contributed by atoms with E-state index >= 15 is 13.2 Å². The van der Waals surface area contributed by atoms with E-state index in [4.69, 9.17) is 12.3 Å². The summed E-state index contributed by atoms with van der Waals surface area (Å²) in [6, 6.07) is 0. The molecule has 0 bridgehead atoms. The van der Waals surface area contributed by atoms with Crippen LogP contribution < -0.4 is 10.4 Å². The molecule has 0 aromatic heterocycles. The summed E-state index contributed by atoms with van der Waals surface area (Å²) in [5.41, 5.74) is -6.05. The minimum absolute atomic E-state index is 1.93. The highest BCUT2D eigenvalue weighted by atomic mass is 28.5. The lowest BCUT2D eigenvalue weighted by molar-refractivity contribution is 0.158. The van der Waals surface area contributed by atoms with Crippen LogP contribution in [-0.4, -0.2) is 108 Å². The molecule has 2 atom stereocenters. The van der Waals surface area contributed by atoms with Gasteiger partial charge in [-0.1, -0.05) is 0 Å². The Labute approximate surface area is 310 Å². The van der Waals surface area contributed by atoms with Crippen LogP contribution in [0.1, 0.15) is 0 Å². The second-order valence-corrected chi connectivity index (χ2v) is 23.0. The molecule has 53 heavy (non-hydrogen) atoms. The minimum Gasteiger partial charge on any atom is -0.413 e. The first-order valence-electron chi connectivity index (χ1n) is 11.6. The number of halogens is 16. The third-order valence-corrected chi connectivity index (χ3v) is 22.7. The van der Waals surface area contributed by atoms with Crippen molar-refractivity contribution in [1.29, 1.82) is 0 Å². The van der Waals surface area contributed by atoms with Gasteiger partial charge in [0.25, 0.3) is 0 Å². The van der Waals surface area contributed by atoms with E-state index in [2.05, 4.69) is 49.8 Å². The second-order valence-electron chi connectivity index (χ2n) is 8.37. The van der Waals surface area contributed by atoms with Crippen molar-refractivity contribution in [3.8, 4) is 0 Å². The van der Waals surface area contributed by atoms with Crippen LogP contribution in [0.15, 0.2) is 23.1 Å². The van der Waals surface area contributed by atoms with Gasteiger partial charge in [-0.05, 0) is 0 Å². The van der Waals surface area contributed by atoms with Gasteiger partial charge in [-0.2, -0.15) is 17.6 Å². The molecule has 0 saturated carbocycles. The Kier molecular flexibility index (Phi) is 17.0. The molecular formula is C16F16O10Si11. The fourth-order valence-electron chi connectivity index (χ4n) is 3.29. The zero-order valence-corrected chi connectivity index (χ0v) is 34.6. The molecule has 10 nitrogen and oxygen atoms in total. The van der Waals surface area contributed by atoms with Gasteiger partial charge in [-0.15, -0.1) is 0 Å². The fraction of sp³-hybridized carbons (Fsp3) is 0. The zero-order valence-electron chi connectivity index (χ0n) is 23.6. The SMILES string of the molecule is FC(F)=C(F)[Si](O[Si])(O[Si])O[Si]O[Si](O[Si])(O[Si](O[Si])(O[Si](O[Si])(O[Si])c1c(F)c(F)c(F)c(F)c1F)C(F)=C(F)F)c1c(F)c(F)c(F)c(F)c1F. The average molecular weight is 965 g/mol. The Morgan fingerprint density at radius 2 is 0.660 bits per heavy atom. The van der Waals surface area contributed by atoms with Crippen LogP contribution in [0.25, 0.3) is 0 Å². The Balaban J connectivity index is 3.13. The molecule has 2 rings (SSSR count). The van der Waals surface area contributed by atoms with E-state index in [0.717, 1.165) is 0 Å². The van der Waals surface area contributed by atoms with Crippen LogP contribution in [-0.2, 0) is 41.2 Å². The van der Waals surface area contributed by atoms with Gasteiger partial charge in [0, 0.05) is 0 Å². The molecule has 20 radical (unpaired) electrons.